The Morgan fingerprint density at radius 2 is 2.10 bits per heavy atom. The summed E-state index contributed by atoms with van der Waals surface area (Å²) in [4.78, 5) is 2.40. The number of unbranched alkanes of at least 4 members (excludes halogenated alkanes) is 1. The quantitative estimate of drug-likeness (QED) is 0.373. The van der Waals surface area contributed by atoms with Crippen molar-refractivity contribution >= 4 is 0 Å². The van der Waals surface area contributed by atoms with Crippen molar-refractivity contribution in [3.63, 3.8) is 0 Å². The summed E-state index contributed by atoms with van der Waals surface area (Å²) in [6.45, 7) is 10.4. The molecule has 0 bridgehead atoms. The highest BCUT2D eigenvalue weighted by atomic mass is 16.5. The topological polar surface area (TPSA) is 62.2 Å². The SMILES string of the molecule is CCCC[C@](C)(O)C/C=C/[C@@H]1[C@H]2CC(CCOCCN3CCOCC3)=C[C@H]2C[C@H]1O. The van der Waals surface area contributed by atoms with Crippen molar-refractivity contribution in [1.29, 1.82) is 0 Å². The van der Waals surface area contributed by atoms with Crippen LogP contribution >= 0.6 is 0 Å². The molecular formula is C25H43NO4. The zero-order valence-corrected chi connectivity index (χ0v) is 19.1. The third-order valence-corrected chi connectivity index (χ3v) is 7.16. The second kappa shape index (κ2) is 11.8. The molecule has 0 spiro atoms. The molecule has 1 saturated carbocycles. The van der Waals surface area contributed by atoms with Crippen LogP contribution < -0.4 is 0 Å². The van der Waals surface area contributed by atoms with E-state index in [2.05, 4.69) is 30.1 Å². The molecular weight excluding hydrogens is 378 g/mol. The number of hydrogen-bond acceptors (Lipinski definition) is 5. The monoisotopic (exact) mass is 421 g/mol. The predicted octanol–water partition coefficient (Wildman–Crippen LogP) is 3.56. The van der Waals surface area contributed by atoms with Crippen molar-refractivity contribution < 1.29 is 19.7 Å². The number of morpholine rings is 1. The Bertz CT molecular complexity index is 567. The summed E-state index contributed by atoms with van der Waals surface area (Å²) in [5.74, 6) is 1.23. The van der Waals surface area contributed by atoms with E-state index in [1.807, 2.05) is 6.92 Å². The minimum atomic E-state index is -0.632. The second-order valence-corrected chi connectivity index (χ2v) is 9.79. The number of ether oxygens (including phenoxy) is 2. The molecule has 3 rings (SSSR count). The maximum absolute atomic E-state index is 10.5. The smallest absolute Gasteiger partial charge is 0.0654 e. The van der Waals surface area contributed by atoms with Gasteiger partial charge in [-0.3, -0.25) is 4.90 Å². The normalized spacial score (nSPS) is 31.8. The zero-order chi connectivity index (χ0) is 21.4. The first kappa shape index (κ1) is 23.9. The highest BCUT2D eigenvalue weighted by molar-refractivity contribution is 5.20. The molecule has 1 heterocycles. The summed E-state index contributed by atoms with van der Waals surface area (Å²) in [6, 6.07) is 0. The average molecular weight is 422 g/mol. The standard InChI is InChI=1S/C25H43NO4/c1-3-4-8-25(2,28)9-5-6-22-23-18-20(17-21(23)19-24(22)27)7-13-29-14-10-26-11-15-30-16-12-26/h5-6,17,21-24,27-28H,3-4,7-16,18-19H2,1-2H3/b6-5+/t21-,22+,23-,24+,25-/m0/s1. The van der Waals surface area contributed by atoms with Crippen molar-refractivity contribution in [2.75, 3.05) is 46.1 Å². The first-order chi connectivity index (χ1) is 14.5. The Kier molecular flexibility index (Phi) is 9.39. The van der Waals surface area contributed by atoms with Gasteiger partial charge in [0.15, 0.2) is 0 Å². The summed E-state index contributed by atoms with van der Waals surface area (Å²) in [5.41, 5.74) is 0.865. The van der Waals surface area contributed by atoms with Crippen LogP contribution in [0.5, 0.6) is 0 Å². The Balaban J connectivity index is 1.36. The van der Waals surface area contributed by atoms with Crippen LogP contribution in [0.2, 0.25) is 0 Å². The van der Waals surface area contributed by atoms with E-state index in [0.717, 1.165) is 84.6 Å². The van der Waals surface area contributed by atoms with Crippen LogP contribution in [0.3, 0.4) is 0 Å². The van der Waals surface area contributed by atoms with Gasteiger partial charge in [0.2, 0.25) is 0 Å². The molecule has 5 heteroatoms. The molecule has 1 aliphatic heterocycles. The highest BCUT2D eigenvalue weighted by Crippen LogP contribution is 2.48. The lowest BCUT2D eigenvalue weighted by Crippen LogP contribution is -2.38. The van der Waals surface area contributed by atoms with Crippen LogP contribution in [0.1, 0.15) is 58.8 Å². The predicted molar refractivity (Wildman–Crippen MR) is 120 cm³/mol. The van der Waals surface area contributed by atoms with Gasteiger partial charge in [0.25, 0.3) is 0 Å². The van der Waals surface area contributed by atoms with Crippen molar-refractivity contribution in [3.05, 3.63) is 23.8 Å². The van der Waals surface area contributed by atoms with Gasteiger partial charge in [0, 0.05) is 25.6 Å². The van der Waals surface area contributed by atoms with E-state index in [4.69, 9.17) is 9.47 Å². The lowest BCUT2D eigenvalue weighted by molar-refractivity contribution is 0.0207. The van der Waals surface area contributed by atoms with Crippen LogP contribution in [0, 0.1) is 17.8 Å². The molecule has 0 amide bonds. The third-order valence-electron chi connectivity index (χ3n) is 7.16. The zero-order valence-electron chi connectivity index (χ0n) is 19.1. The molecule has 30 heavy (non-hydrogen) atoms. The lowest BCUT2D eigenvalue weighted by Gasteiger charge is -2.26. The summed E-state index contributed by atoms with van der Waals surface area (Å²) < 4.78 is 11.3. The van der Waals surface area contributed by atoms with Gasteiger partial charge < -0.3 is 19.7 Å². The maximum Gasteiger partial charge on any atom is 0.0654 e. The van der Waals surface area contributed by atoms with E-state index >= 15 is 0 Å². The van der Waals surface area contributed by atoms with Crippen molar-refractivity contribution in [1.82, 2.24) is 4.90 Å². The van der Waals surface area contributed by atoms with Gasteiger partial charge >= 0.3 is 0 Å². The molecule has 1 saturated heterocycles. The largest absolute Gasteiger partial charge is 0.392 e. The van der Waals surface area contributed by atoms with Gasteiger partial charge in [-0.2, -0.15) is 0 Å². The average Bonchev–Trinajstić information content (AvgIpc) is 3.24. The molecule has 5 nitrogen and oxygen atoms in total. The first-order valence-corrected chi connectivity index (χ1v) is 12.1. The van der Waals surface area contributed by atoms with E-state index in [0.29, 0.717) is 18.3 Å². The number of fused-ring (bicyclic) bond motifs is 1. The molecule has 2 N–H and O–H groups in total. The van der Waals surface area contributed by atoms with E-state index in [9.17, 15) is 10.2 Å². The van der Waals surface area contributed by atoms with Crippen LogP contribution in [0.25, 0.3) is 0 Å². The molecule has 0 aromatic carbocycles. The summed E-state index contributed by atoms with van der Waals surface area (Å²) >= 11 is 0. The summed E-state index contributed by atoms with van der Waals surface area (Å²) in [7, 11) is 0. The lowest BCUT2D eigenvalue weighted by atomic mass is 9.88. The Morgan fingerprint density at radius 3 is 2.87 bits per heavy atom. The van der Waals surface area contributed by atoms with Crippen molar-refractivity contribution in [3.8, 4) is 0 Å². The molecule has 0 unspecified atom stereocenters. The minimum absolute atomic E-state index is 0.216. The van der Waals surface area contributed by atoms with Gasteiger partial charge in [-0.1, -0.05) is 43.6 Å². The van der Waals surface area contributed by atoms with Gasteiger partial charge in [-0.05, 0) is 50.9 Å². The van der Waals surface area contributed by atoms with Gasteiger partial charge in [-0.15, -0.1) is 0 Å². The molecule has 3 aliphatic rings. The Morgan fingerprint density at radius 1 is 1.30 bits per heavy atom. The van der Waals surface area contributed by atoms with Crippen molar-refractivity contribution in [2.24, 2.45) is 17.8 Å². The second-order valence-electron chi connectivity index (χ2n) is 9.79. The molecule has 5 atom stereocenters. The Hall–Kier alpha value is -0.720. The Labute approximate surface area is 183 Å². The van der Waals surface area contributed by atoms with Gasteiger partial charge in [0.1, 0.15) is 0 Å². The number of aliphatic hydroxyl groups excluding tert-OH is 1. The minimum Gasteiger partial charge on any atom is -0.392 e. The van der Waals surface area contributed by atoms with Crippen LogP contribution in [0.15, 0.2) is 23.8 Å². The van der Waals surface area contributed by atoms with Gasteiger partial charge in [-0.25, -0.2) is 0 Å². The number of allylic oxidation sites excluding steroid dienone is 1. The van der Waals surface area contributed by atoms with E-state index in [1.54, 1.807) is 0 Å². The first-order valence-electron chi connectivity index (χ1n) is 12.1. The fourth-order valence-electron chi connectivity index (χ4n) is 5.25. The molecule has 172 valence electrons. The van der Waals surface area contributed by atoms with Gasteiger partial charge in [0.05, 0.1) is 38.1 Å². The molecule has 2 fully saturated rings. The third kappa shape index (κ3) is 7.16. The van der Waals surface area contributed by atoms with E-state index in [1.165, 1.54) is 5.57 Å². The fourth-order valence-corrected chi connectivity index (χ4v) is 5.25. The maximum atomic E-state index is 10.5. The molecule has 0 radical (unpaired) electrons. The number of aliphatic hydroxyl groups is 2. The molecule has 0 aromatic rings. The number of hydrogen-bond donors (Lipinski definition) is 2. The summed E-state index contributed by atoms with van der Waals surface area (Å²) in [6.07, 6.45) is 13.1. The van der Waals surface area contributed by atoms with Crippen molar-refractivity contribution in [2.45, 2.75) is 70.5 Å². The molecule has 0 aromatic heterocycles. The van der Waals surface area contributed by atoms with E-state index < -0.39 is 5.60 Å². The summed E-state index contributed by atoms with van der Waals surface area (Å²) in [5, 5.41) is 21.0. The van der Waals surface area contributed by atoms with Crippen LogP contribution in [-0.4, -0.2) is 72.9 Å². The van der Waals surface area contributed by atoms with Crippen LogP contribution in [0.4, 0.5) is 0 Å². The number of nitrogens with zero attached hydrogens (tertiary/aromatic N) is 1. The van der Waals surface area contributed by atoms with E-state index in [-0.39, 0.29) is 12.0 Å². The highest BCUT2D eigenvalue weighted by Gasteiger charge is 2.43. The molecule has 2 aliphatic carbocycles. The fraction of sp³-hybridized carbons (Fsp3) is 0.840. The van der Waals surface area contributed by atoms with Crippen LogP contribution in [-0.2, 0) is 9.47 Å². The number of rotatable bonds is 12.